The number of nitrogens with one attached hydrogen (secondary N) is 2. The van der Waals surface area contributed by atoms with Gasteiger partial charge in [-0.25, -0.2) is 9.18 Å². The highest BCUT2D eigenvalue weighted by atomic mass is 19.1. The SMILES string of the molecule is C=CCNC(=O)NC(C)c1oc2ccc(F)cc2c1C. The molecule has 0 aliphatic rings. The lowest BCUT2D eigenvalue weighted by molar-refractivity contribution is 0.237. The fraction of sp³-hybridized carbons (Fsp3) is 0.267. The molecule has 1 heterocycles. The number of hydrogen-bond acceptors (Lipinski definition) is 2. The van der Waals surface area contributed by atoms with E-state index in [4.69, 9.17) is 4.42 Å². The number of benzene rings is 1. The lowest BCUT2D eigenvalue weighted by Gasteiger charge is -2.12. The van der Waals surface area contributed by atoms with Crippen LogP contribution in [0.4, 0.5) is 9.18 Å². The molecule has 20 heavy (non-hydrogen) atoms. The molecule has 0 bridgehead atoms. The average Bonchev–Trinajstić information content (AvgIpc) is 2.74. The summed E-state index contributed by atoms with van der Waals surface area (Å²) < 4.78 is 18.9. The van der Waals surface area contributed by atoms with E-state index in [1.165, 1.54) is 12.1 Å². The highest BCUT2D eigenvalue weighted by Crippen LogP contribution is 2.29. The zero-order valence-corrected chi connectivity index (χ0v) is 11.5. The number of amides is 2. The Morgan fingerprint density at radius 1 is 1.55 bits per heavy atom. The van der Waals surface area contributed by atoms with Crippen LogP contribution in [0.25, 0.3) is 11.0 Å². The summed E-state index contributed by atoms with van der Waals surface area (Å²) in [6.07, 6.45) is 1.60. The van der Waals surface area contributed by atoms with Gasteiger partial charge in [-0.2, -0.15) is 0 Å². The Morgan fingerprint density at radius 2 is 2.30 bits per heavy atom. The number of carbonyl (C=O) groups is 1. The van der Waals surface area contributed by atoms with Crippen molar-refractivity contribution in [2.45, 2.75) is 19.9 Å². The van der Waals surface area contributed by atoms with Crippen LogP contribution >= 0.6 is 0 Å². The lowest BCUT2D eigenvalue weighted by Crippen LogP contribution is -2.37. The third-order valence-corrected chi connectivity index (χ3v) is 3.08. The summed E-state index contributed by atoms with van der Waals surface area (Å²) in [4.78, 5) is 11.6. The van der Waals surface area contributed by atoms with Crippen molar-refractivity contribution in [3.05, 3.63) is 48.0 Å². The first-order chi connectivity index (χ1) is 9.52. The van der Waals surface area contributed by atoms with Crippen molar-refractivity contribution >= 4 is 17.0 Å². The predicted octanol–water partition coefficient (Wildman–Crippen LogP) is 3.43. The lowest BCUT2D eigenvalue weighted by atomic mass is 10.1. The van der Waals surface area contributed by atoms with Crippen LogP contribution in [-0.4, -0.2) is 12.6 Å². The van der Waals surface area contributed by atoms with Gasteiger partial charge in [-0.3, -0.25) is 0 Å². The van der Waals surface area contributed by atoms with E-state index in [0.29, 0.717) is 17.9 Å². The predicted molar refractivity (Wildman–Crippen MR) is 76.1 cm³/mol. The van der Waals surface area contributed by atoms with E-state index in [9.17, 15) is 9.18 Å². The molecule has 1 unspecified atom stereocenters. The number of furan rings is 1. The normalized spacial score (nSPS) is 12.2. The van der Waals surface area contributed by atoms with E-state index in [1.54, 1.807) is 12.1 Å². The summed E-state index contributed by atoms with van der Waals surface area (Å²) in [5.41, 5.74) is 1.44. The minimum absolute atomic E-state index is 0.302. The summed E-state index contributed by atoms with van der Waals surface area (Å²) in [6, 6.07) is 3.76. The van der Waals surface area contributed by atoms with Gasteiger partial charge in [0, 0.05) is 17.5 Å². The molecule has 0 aliphatic carbocycles. The van der Waals surface area contributed by atoms with Crippen molar-refractivity contribution in [2.75, 3.05) is 6.54 Å². The summed E-state index contributed by atoms with van der Waals surface area (Å²) in [6.45, 7) is 7.58. The van der Waals surface area contributed by atoms with Crippen molar-refractivity contribution in [3.63, 3.8) is 0 Å². The number of halogens is 1. The van der Waals surface area contributed by atoms with Gasteiger partial charge in [-0.1, -0.05) is 6.08 Å². The van der Waals surface area contributed by atoms with Gasteiger partial charge in [0.2, 0.25) is 0 Å². The Labute approximate surface area is 116 Å². The van der Waals surface area contributed by atoms with Gasteiger partial charge in [0.25, 0.3) is 0 Å². The first-order valence-corrected chi connectivity index (χ1v) is 6.36. The Kier molecular flexibility index (Phi) is 4.08. The Hall–Kier alpha value is -2.30. The van der Waals surface area contributed by atoms with Crippen LogP contribution < -0.4 is 10.6 Å². The average molecular weight is 276 g/mol. The molecule has 1 aromatic heterocycles. The quantitative estimate of drug-likeness (QED) is 0.841. The van der Waals surface area contributed by atoms with Gasteiger partial charge in [-0.05, 0) is 32.0 Å². The van der Waals surface area contributed by atoms with Gasteiger partial charge < -0.3 is 15.1 Å². The minimum atomic E-state index is -0.310. The smallest absolute Gasteiger partial charge is 0.315 e. The fourth-order valence-corrected chi connectivity index (χ4v) is 2.10. The topological polar surface area (TPSA) is 54.3 Å². The Bertz CT molecular complexity index is 649. The second kappa shape index (κ2) is 5.77. The molecule has 106 valence electrons. The zero-order valence-electron chi connectivity index (χ0n) is 11.5. The highest BCUT2D eigenvalue weighted by Gasteiger charge is 2.18. The van der Waals surface area contributed by atoms with Crippen LogP contribution in [0.1, 0.15) is 24.3 Å². The van der Waals surface area contributed by atoms with Gasteiger partial charge in [0.15, 0.2) is 0 Å². The summed E-state index contributed by atoms with van der Waals surface area (Å²) in [5.74, 6) is 0.316. The number of carbonyl (C=O) groups excluding carboxylic acids is 1. The first kappa shape index (κ1) is 14.1. The number of rotatable bonds is 4. The molecule has 2 amide bonds. The maximum atomic E-state index is 13.2. The fourth-order valence-electron chi connectivity index (χ4n) is 2.10. The van der Waals surface area contributed by atoms with E-state index in [2.05, 4.69) is 17.2 Å². The zero-order chi connectivity index (χ0) is 14.7. The van der Waals surface area contributed by atoms with Crippen LogP contribution in [0.15, 0.2) is 35.3 Å². The van der Waals surface area contributed by atoms with E-state index in [1.807, 2.05) is 13.8 Å². The monoisotopic (exact) mass is 276 g/mol. The molecule has 1 atom stereocenters. The number of urea groups is 1. The highest BCUT2D eigenvalue weighted by molar-refractivity contribution is 5.82. The molecule has 2 aromatic rings. The minimum Gasteiger partial charge on any atom is -0.459 e. The van der Waals surface area contributed by atoms with E-state index < -0.39 is 0 Å². The van der Waals surface area contributed by atoms with Gasteiger partial charge in [0.05, 0.1) is 6.04 Å². The van der Waals surface area contributed by atoms with Crippen molar-refractivity contribution in [1.82, 2.24) is 10.6 Å². The summed E-state index contributed by atoms with van der Waals surface area (Å²) in [5, 5.41) is 6.11. The van der Waals surface area contributed by atoms with Crippen molar-refractivity contribution in [1.29, 1.82) is 0 Å². The summed E-state index contributed by atoms with van der Waals surface area (Å²) >= 11 is 0. The molecule has 0 spiro atoms. The second-order valence-electron chi connectivity index (χ2n) is 4.60. The Morgan fingerprint density at radius 3 is 3.00 bits per heavy atom. The first-order valence-electron chi connectivity index (χ1n) is 6.36. The molecule has 5 heteroatoms. The number of fused-ring (bicyclic) bond motifs is 1. The number of aryl methyl sites for hydroxylation is 1. The van der Waals surface area contributed by atoms with Crippen LogP contribution in [-0.2, 0) is 0 Å². The molecule has 0 saturated heterocycles. The molecular weight excluding hydrogens is 259 g/mol. The van der Waals surface area contributed by atoms with E-state index >= 15 is 0 Å². The van der Waals surface area contributed by atoms with Crippen molar-refractivity contribution in [2.24, 2.45) is 0 Å². The largest absolute Gasteiger partial charge is 0.459 e. The molecule has 0 radical (unpaired) electrons. The van der Waals surface area contributed by atoms with Crippen LogP contribution in [0, 0.1) is 12.7 Å². The number of hydrogen-bond donors (Lipinski definition) is 2. The van der Waals surface area contributed by atoms with Crippen molar-refractivity contribution < 1.29 is 13.6 Å². The van der Waals surface area contributed by atoms with Crippen molar-refractivity contribution in [3.8, 4) is 0 Å². The Balaban J connectivity index is 2.21. The van der Waals surface area contributed by atoms with E-state index in [0.717, 1.165) is 10.9 Å². The third-order valence-electron chi connectivity index (χ3n) is 3.08. The molecule has 0 saturated carbocycles. The molecule has 0 aliphatic heterocycles. The van der Waals surface area contributed by atoms with Gasteiger partial charge >= 0.3 is 6.03 Å². The molecule has 2 N–H and O–H groups in total. The molecule has 1 aromatic carbocycles. The maximum absolute atomic E-state index is 13.2. The van der Waals surface area contributed by atoms with Crippen LogP contribution in [0.3, 0.4) is 0 Å². The third kappa shape index (κ3) is 2.82. The van der Waals surface area contributed by atoms with Crippen LogP contribution in [0.2, 0.25) is 0 Å². The maximum Gasteiger partial charge on any atom is 0.315 e. The molecular formula is C15H17FN2O2. The van der Waals surface area contributed by atoms with Crippen LogP contribution in [0.5, 0.6) is 0 Å². The molecule has 0 fully saturated rings. The second-order valence-corrected chi connectivity index (χ2v) is 4.60. The van der Waals surface area contributed by atoms with Gasteiger partial charge in [-0.15, -0.1) is 6.58 Å². The standard InChI is InChI=1S/C15H17FN2O2/c1-4-7-17-15(19)18-10(3)14-9(2)12-8-11(16)5-6-13(12)20-14/h4-6,8,10H,1,7H2,2-3H3,(H2,17,18,19). The molecule has 4 nitrogen and oxygen atoms in total. The van der Waals surface area contributed by atoms with E-state index in [-0.39, 0.29) is 17.9 Å². The van der Waals surface area contributed by atoms with Gasteiger partial charge in [0.1, 0.15) is 17.2 Å². The summed E-state index contributed by atoms with van der Waals surface area (Å²) in [7, 11) is 0. The molecule has 2 rings (SSSR count).